The van der Waals surface area contributed by atoms with Crippen LogP contribution in [-0.2, 0) is 7.05 Å². The number of carboxylic acids is 1. The minimum atomic E-state index is -0.994. The summed E-state index contributed by atoms with van der Waals surface area (Å²) in [5.41, 5.74) is 10.8. The largest absolute Gasteiger partial charge is 0.478 e. The number of nitrogens with two attached hydrogens (primary N) is 1. The molecule has 0 amide bonds. The molecule has 0 aliphatic heterocycles. The lowest BCUT2D eigenvalue weighted by Gasteiger charge is -2.11. The zero-order chi connectivity index (χ0) is 20.7. The van der Waals surface area contributed by atoms with Gasteiger partial charge in [0.15, 0.2) is 0 Å². The molecular weight excluding hydrogens is 368 g/mol. The summed E-state index contributed by atoms with van der Waals surface area (Å²) in [6, 6.07) is 6.57. The van der Waals surface area contributed by atoms with Gasteiger partial charge in [0, 0.05) is 24.4 Å². The second-order valence-corrected chi connectivity index (χ2v) is 6.46. The predicted molar refractivity (Wildman–Crippen MR) is 109 cm³/mol. The molecule has 1 aromatic carbocycles. The van der Waals surface area contributed by atoms with Crippen LogP contribution in [0.4, 0.5) is 5.82 Å². The number of nitrogens with zero attached hydrogens (tertiary/aromatic N) is 5. The van der Waals surface area contributed by atoms with Crippen molar-refractivity contribution in [3.63, 3.8) is 0 Å². The molecule has 8 heteroatoms. The first-order valence-electron chi connectivity index (χ1n) is 8.65. The summed E-state index contributed by atoms with van der Waals surface area (Å²) in [6.45, 7) is 1.85. The first kappa shape index (κ1) is 18.1. The van der Waals surface area contributed by atoms with Gasteiger partial charge in [-0.25, -0.2) is 24.7 Å². The Balaban J connectivity index is 2.09. The van der Waals surface area contributed by atoms with Crippen molar-refractivity contribution in [1.29, 1.82) is 0 Å². The van der Waals surface area contributed by atoms with Crippen LogP contribution in [-0.4, -0.2) is 35.6 Å². The third-order valence-corrected chi connectivity index (χ3v) is 4.78. The maximum Gasteiger partial charge on any atom is 0.335 e. The topological polar surface area (TPSA) is 120 Å². The lowest BCUT2D eigenvalue weighted by molar-refractivity contribution is 0.0697. The Labute approximate surface area is 166 Å². The van der Waals surface area contributed by atoms with Gasteiger partial charge in [0.1, 0.15) is 17.8 Å². The number of aromatic carboxylic acids is 1. The van der Waals surface area contributed by atoms with Gasteiger partial charge in [-0.05, 0) is 30.5 Å². The van der Waals surface area contributed by atoms with Gasteiger partial charge in [-0.15, -0.1) is 6.42 Å². The molecule has 3 heterocycles. The number of hydrogen-bond donors (Lipinski definition) is 2. The van der Waals surface area contributed by atoms with Crippen molar-refractivity contribution >= 4 is 22.8 Å². The SMILES string of the molecule is C#Cc1ncc(-c2c(-c3ccc(C(=O)O)cc3)c3c(N)ncnc3n2C)c(C)n1. The van der Waals surface area contributed by atoms with E-state index in [4.69, 9.17) is 12.2 Å². The summed E-state index contributed by atoms with van der Waals surface area (Å²) in [5, 5.41) is 9.88. The van der Waals surface area contributed by atoms with E-state index in [2.05, 4.69) is 25.9 Å². The second kappa shape index (κ2) is 6.73. The third-order valence-electron chi connectivity index (χ3n) is 4.78. The van der Waals surface area contributed by atoms with E-state index in [1.165, 1.54) is 6.33 Å². The number of carboxylic acid groups (broad SMARTS) is 1. The fourth-order valence-electron chi connectivity index (χ4n) is 3.42. The maximum atomic E-state index is 11.2. The lowest BCUT2D eigenvalue weighted by atomic mass is 9.98. The normalized spacial score (nSPS) is 10.8. The fourth-order valence-corrected chi connectivity index (χ4v) is 3.42. The highest BCUT2D eigenvalue weighted by atomic mass is 16.4. The molecule has 0 saturated heterocycles. The van der Waals surface area contributed by atoms with Crippen molar-refractivity contribution in [2.24, 2.45) is 7.05 Å². The summed E-state index contributed by atoms with van der Waals surface area (Å²) >= 11 is 0. The first-order valence-corrected chi connectivity index (χ1v) is 8.65. The Bertz CT molecular complexity index is 1320. The molecule has 0 atom stereocenters. The molecule has 0 aliphatic carbocycles. The number of rotatable bonds is 3. The van der Waals surface area contributed by atoms with Crippen LogP contribution in [0.15, 0.2) is 36.8 Å². The van der Waals surface area contributed by atoms with Crippen molar-refractivity contribution in [3.8, 4) is 34.7 Å². The van der Waals surface area contributed by atoms with Crippen molar-refractivity contribution in [1.82, 2.24) is 24.5 Å². The van der Waals surface area contributed by atoms with Crippen LogP contribution in [0.3, 0.4) is 0 Å². The monoisotopic (exact) mass is 384 g/mol. The average molecular weight is 384 g/mol. The third kappa shape index (κ3) is 2.85. The number of hydrogen-bond acceptors (Lipinski definition) is 6. The number of fused-ring (bicyclic) bond motifs is 1. The second-order valence-electron chi connectivity index (χ2n) is 6.46. The summed E-state index contributed by atoms with van der Waals surface area (Å²) in [7, 11) is 1.87. The average Bonchev–Trinajstić information content (AvgIpc) is 3.01. The van der Waals surface area contributed by atoms with Gasteiger partial charge in [-0.2, -0.15) is 0 Å². The van der Waals surface area contributed by atoms with Crippen LogP contribution in [0, 0.1) is 19.3 Å². The minimum absolute atomic E-state index is 0.192. The highest BCUT2D eigenvalue weighted by Gasteiger charge is 2.23. The maximum absolute atomic E-state index is 11.2. The van der Waals surface area contributed by atoms with Crippen LogP contribution in [0.2, 0.25) is 0 Å². The summed E-state index contributed by atoms with van der Waals surface area (Å²) in [5.74, 6) is 2.07. The number of benzene rings is 1. The van der Waals surface area contributed by atoms with Gasteiger partial charge in [-0.3, -0.25) is 0 Å². The van der Waals surface area contributed by atoms with Gasteiger partial charge in [0.05, 0.1) is 22.3 Å². The quantitative estimate of drug-likeness (QED) is 0.521. The number of anilines is 1. The molecule has 3 N–H and O–H groups in total. The molecule has 0 radical (unpaired) electrons. The van der Waals surface area contributed by atoms with Crippen molar-refractivity contribution in [3.05, 3.63) is 53.9 Å². The van der Waals surface area contributed by atoms with Gasteiger partial charge in [-0.1, -0.05) is 12.1 Å². The van der Waals surface area contributed by atoms with E-state index in [9.17, 15) is 9.90 Å². The Hall–Kier alpha value is -4.25. The summed E-state index contributed by atoms with van der Waals surface area (Å²) < 4.78 is 1.90. The fraction of sp³-hybridized carbons (Fsp3) is 0.0952. The minimum Gasteiger partial charge on any atom is -0.478 e. The Kier molecular flexibility index (Phi) is 4.20. The molecular formula is C21H16N6O2. The van der Waals surface area contributed by atoms with Crippen molar-refractivity contribution in [2.45, 2.75) is 6.92 Å². The van der Waals surface area contributed by atoms with Crippen molar-refractivity contribution < 1.29 is 9.90 Å². The molecule has 0 aliphatic rings. The molecule has 4 aromatic rings. The number of terminal acetylenes is 1. The summed E-state index contributed by atoms with van der Waals surface area (Å²) in [4.78, 5) is 28.4. The Morgan fingerprint density at radius 2 is 1.93 bits per heavy atom. The molecule has 142 valence electrons. The number of aromatic nitrogens is 5. The molecule has 0 saturated carbocycles. The lowest BCUT2D eigenvalue weighted by Crippen LogP contribution is -2.00. The highest BCUT2D eigenvalue weighted by molar-refractivity contribution is 6.08. The van der Waals surface area contributed by atoms with E-state index < -0.39 is 5.97 Å². The van der Waals surface area contributed by atoms with E-state index in [1.807, 2.05) is 18.5 Å². The van der Waals surface area contributed by atoms with Gasteiger partial charge in [0.25, 0.3) is 0 Å². The molecule has 8 nitrogen and oxygen atoms in total. The molecule has 0 bridgehead atoms. The molecule has 0 fully saturated rings. The van der Waals surface area contributed by atoms with Gasteiger partial charge >= 0.3 is 5.97 Å². The van der Waals surface area contributed by atoms with E-state index in [0.717, 1.165) is 22.4 Å². The summed E-state index contributed by atoms with van der Waals surface area (Å²) in [6.07, 6.45) is 8.49. The van der Waals surface area contributed by atoms with E-state index >= 15 is 0 Å². The van der Waals surface area contributed by atoms with Crippen LogP contribution < -0.4 is 5.73 Å². The number of aryl methyl sites for hydroxylation is 2. The smallest absolute Gasteiger partial charge is 0.335 e. The van der Waals surface area contributed by atoms with Crippen LogP contribution >= 0.6 is 0 Å². The number of nitrogen functional groups attached to an aromatic ring is 1. The molecule has 4 rings (SSSR count). The van der Waals surface area contributed by atoms with Gasteiger partial charge in [0.2, 0.25) is 5.82 Å². The van der Waals surface area contributed by atoms with Crippen LogP contribution in [0.5, 0.6) is 0 Å². The molecule has 3 aromatic heterocycles. The van der Waals surface area contributed by atoms with Crippen LogP contribution in [0.1, 0.15) is 21.9 Å². The predicted octanol–water partition coefficient (Wildman–Crippen LogP) is 2.66. The first-order chi connectivity index (χ1) is 13.9. The number of carbonyl (C=O) groups is 1. The highest BCUT2D eigenvalue weighted by Crippen LogP contribution is 2.41. The Morgan fingerprint density at radius 3 is 2.55 bits per heavy atom. The van der Waals surface area contributed by atoms with E-state index in [-0.39, 0.29) is 5.56 Å². The van der Waals surface area contributed by atoms with Crippen LogP contribution in [0.25, 0.3) is 33.4 Å². The zero-order valence-electron chi connectivity index (χ0n) is 15.7. The zero-order valence-corrected chi connectivity index (χ0v) is 15.7. The van der Waals surface area contributed by atoms with Gasteiger partial charge < -0.3 is 15.4 Å². The van der Waals surface area contributed by atoms with E-state index in [0.29, 0.717) is 28.4 Å². The Morgan fingerprint density at radius 1 is 1.21 bits per heavy atom. The van der Waals surface area contributed by atoms with E-state index in [1.54, 1.807) is 30.5 Å². The molecule has 29 heavy (non-hydrogen) atoms. The molecule has 0 unspecified atom stereocenters. The molecule has 0 spiro atoms. The van der Waals surface area contributed by atoms with Crippen molar-refractivity contribution in [2.75, 3.05) is 5.73 Å². The standard InChI is InChI=1S/C21H16N6O2/c1-4-15-23-9-14(11(2)26-15)18-16(12-5-7-13(8-6-12)21(28)29)17-19(22)24-10-25-20(17)27(18)3/h1,5-10H,2-3H3,(H,28,29)(H2,22,24,25).